The minimum Gasteiger partial charge on any atom is -0.475 e. The zero-order chi connectivity index (χ0) is 10.9. The molecule has 1 aromatic heterocycles. The van der Waals surface area contributed by atoms with E-state index < -0.39 is 0 Å². The van der Waals surface area contributed by atoms with Gasteiger partial charge in [-0.1, -0.05) is 19.4 Å². The van der Waals surface area contributed by atoms with E-state index in [9.17, 15) is 0 Å². The summed E-state index contributed by atoms with van der Waals surface area (Å²) in [6.07, 6.45) is 2.24. The molecule has 0 aliphatic heterocycles. The second-order valence-corrected chi connectivity index (χ2v) is 3.22. The normalized spacial score (nSPS) is 10.2. The monoisotopic (exact) mass is 210 g/mol. The van der Waals surface area contributed by atoms with Gasteiger partial charge < -0.3 is 15.2 Å². The van der Waals surface area contributed by atoms with Gasteiger partial charge in [0.05, 0.1) is 6.61 Å². The fourth-order valence-electron chi connectivity index (χ4n) is 1.06. The molecule has 84 valence electrons. The number of nitrogens with zero attached hydrogens (tertiary/aromatic N) is 1. The van der Waals surface area contributed by atoms with E-state index in [4.69, 9.17) is 15.2 Å². The fourth-order valence-corrected chi connectivity index (χ4v) is 1.06. The number of aromatic nitrogens is 1. The molecule has 1 heterocycles. The van der Waals surface area contributed by atoms with Gasteiger partial charge >= 0.3 is 0 Å². The number of nitrogen functional groups attached to an aromatic ring is 1. The van der Waals surface area contributed by atoms with Crippen LogP contribution >= 0.6 is 0 Å². The molecule has 0 radical (unpaired) electrons. The van der Waals surface area contributed by atoms with Gasteiger partial charge in [-0.3, -0.25) is 0 Å². The first-order chi connectivity index (χ1) is 7.33. The molecular weight excluding hydrogens is 192 g/mol. The molecule has 1 rings (SSSR count). The van der Waals surface area contributed by atoms with Crippen LogP contribution in [0.5, 0.6) is 5.88 Å². The summed E-state index contributed by atoms with van der Waals surface area (Å²) < 4.78 is 10.7. The molecule has 15 heavy (non-hydrogen) atoms. The number of hydrogen-bond acceptors (Lipinski definition) is 4. The van der Waals surface area contributed by atoms with E-state index >= 15 is 0 Å². The molecule has 0 saturated heterocycles. The van der Waals surface area contributed by atoms with Crippen LogP contribution < -0.4 is 10.5 Å². The van der Waals surface area contributed by atoms with Crippen molar-refractivity contribution in [2.45, 2.75) is 19.8 Å². The van der Waals surface area contributed by atoms with Crippen LogP contribution in [0.4, 0.5) is 5.82 Å². The van der Waals surface area contributed by atoms with Gasteiger partial charge in [-0.2, -0.15) is 4.98 Å². The molecule has 0 saturated carbocycles. The Morgan fingerprint density at radius 1 is 1.27 bits per heavy atom. The lowest BCUT2D eigenvalue weighted by Crippen LogP contribution is -2.08. The smallest absolute Gasteiger partial charge is 0.215 e. The van der Waals surface area contributed by atoms with Crippen molar-refractivity contribution in [1.82, 2.24) is 4.98 Å². The maximum atomic E-state index is 5.51. The van der Waals surface area contributed by atoms with Gasteiger partial charge in [-0.05, 0) is 12.5 Å². The van der Waals surface area contributed by atoms with Crippen LogP contribution in [0.15, 0.2) is 18.2 Å². The standard InChI is InChI=1S/C11H18N2O2/c1-2-3-7-14-8-9-15-11-6-4-5-10(12)13-11/h4-6H,2-3,7-9H2,1H3,(H2,12,13). The topological polar surface area (TPSA) is 57.4 Å². The van der Waals surface area contributed by atoms with Gasteiger partial charge in [0, 0.05) is 12.7 Å². The molecule has 0 bridgehead atoms. The first kappa shape index (κ1) is 11.8. The quantitative estimate of drug-likeness (QED) is 0.698. The van der Waals surface area contributed by atoms with Gasteiger partial charge in [0.15, 0.2) is 0 Å². The highest BCUT2D eigenvalue weighted by molar-refractivity contribution is 5.30. The van der Waals surface area contributed by atoms with Crippen molar-refractivity contribution in [2.24, 2.45) is 0 Å². The van der Waals surface area contributed by atoms with Crippen molar-refractivity contribution in [3.8, 4) is 5.88 Å². The van der Waals surface area contributed by atoms with E-state index in [-0.39, 0.29) is 0 Å². The fraction of sp³-hybridized carbons (Fsp3) is 0.545. The molecule has 0 aromatic carbocycles. The number of hydrogen-bond donors (Lipinski definition) is 1. The number of pyridine rings is 1. The summed E-state index contributed by atoms with van der Waals surface area (Å²) in [6, 6.07) is 5.32. The van der Waals surface area contributed by atoms with E-state index in [0.29, 0.717) is 24.9 Å². The van der Waals surface area contributed by atoms with Crippen molar-refractivity contribution < 1.29 is 9.47 Å². The highest BCUT2D eigenvalue weighted by Crippen LogP contribution is 2.07. The average Bonchev–Trinajstić information content (AvgIpc) is 2.23. The lowest BCUT2D eigenvalue weighted by atomic mass is 10.4. The molecule has 0 spiro atoms. The van der Waals surface area contributed by atoms with Crippen LogP contribution in [0, 0.1) is 0 Å². The maximum Gasteiger partial charge on any atom is 0.215 e. The van der Waals surface area contributed by atoms with E-state index in [1.807, 2.05) is 6.07 Å². The lowest BCUT2D eigenvalue weighted by molar-refractivity contribution is 0.0966. The van der Waals surface area contributed by atoms with Gasteiger partial charge in [-0.25, -0.2) is 0 Å². The SMILES string of the molecule is CCCCOCCOc1cccc(N)n1. The Bertz CT molecular complexity index is 279. The third kappa shape index (κ3) is 5.22. The number of ether oxygens (including phenoxy) is 2. The summed E-state index contributed by atoms with van der Waals surface area (Å²) in [7, 11) is 0. The Balaban J connectivity index is 2.10. The molecule has 4 nitrogen and oxygen atoms in total. The predicted octanol–water partition coefficient (Wildman–Crippen LogP) is 1.86. The predicted molar refractivity (Wildman–Crippen MR) is 59.9 cm³/mol. The van der Waals surface area contributed by atoms with Crippen LogP contribution in [-0.4, -0.2) is 24.8 Å². The highest BCUT2D eigenvalue weighted by atomic mass is 16.5. The first-order valence-electron chi connectivity index (χ1n) is 5.26. The van der Waals surface area contributed by atoms with E-state index in [2.05, 4.69) is 11.9 Å². The van der Waals surface area contributed by atoms with E-state index in [1.165, 1.54) is 0 Å². The van der Waals surface area contributed by atoms with Gasteiger partial charge in [0.2, 0.25) is 5.88 Å². The van der Waals surface area contributed by atoms with Crippen molar-refractivity contribution in [2.75, 3.05) is 25.6 Å². The van der Waals surface area contributed by atoms with Crippen LogP contribution in [0.1, 0.15) is 19.8 Å². The largest absolute Gasteiger partial charge is 0.475 e. The third-order valence-electron chi connectivity index (χ3n) is 1.86. The Hall–Kier alpha value is -1.29. The Morgan fingerprint density at radius 2 is 2.13 bits per heavy atom. The Morgan fingerprint density at radius 3 is 2.87 bits per heavy atom. The summed E-state index contributed by atoms with van der Waals surface area (Å²) in [6.45, 7) is 4.04. The minimum absolute atomic E-state index is 0.472. The molecular formula is C11H18N2O2. The number of nitrogens with two attached hydrogens (primary N) is 1. The number of unbranched alkanes of at least 4 members (excludes halogenated alkanes) is 1. The molecule has 4 heteroatoms. The van der Waals surface area contributed by atoms with Crippen molar-refractivity contribution in [3.05, 3.63) is 18.2 Å². The second kappa shape index (κ2) is 7.06. The van der Waals surface area contributed by atoms with E-state index in [0.717, 1.165) is 19.4 Å². The summed E-state index contributed by atoms with van der Waals surface area (Å²) in [4.78, 5) is 4.01. The van der Waals surface area contributed by atoms with Crippen molar-refractivity contribution >= 4 is 5.82 Å². The van der Waals surface area contributed by atoms with Crippen LogP contribution in [0.25, 0.3) is 0 Å². The summed E-state index contributed by atoms with van der Waals surface area (Å²) in [5, 5.41) is 0. The molecule has 0 atom stereocenters. The third-order valence-corrected chi connectivity index (χ3v) is 1.86. The molecule has 0 aliphatic rings. The average molecular weight is 210 g/mol. The second-order valence-electron chi connectivity index (χ2n) is 3.22. The zero-order valence-electron chi connectivity index (χ0n) is 9.11. The lowest BCUT2D eigenvalue weighted by Gasteiger charge is -2.06. The van der Waals surface area contributed by atoms with Crippen LogP contribution in [0.2, 0.25) is 0 Å². The van der Waals surface area contributed by atoms with Crippen LogP contribution in [-0.2, 0) is 4.74 Å². The number of rotatable bonds is 7. The first-order valence-corrected chi connectivity index (χ1v) is 5.26. The maximum absolute atomic E-state index is 5.51. The molecule has 0 fully saturated rings. The van der Waals surface area contributed by atoms with Gasteiger partial charge in [0.25, 0.3) is 0 Å². The Kier molecular flexibility index (Phi) is 5.55. The van der Waals surface area contributed by atoms with E-state index in [1.54, 1.807) is 12.1 Å². The summed E-state index contributed by atoms with van der Waals surface area (Å²) in [5.41, 5.74) is 5.51. The molecule has 2 N–H and O–H groups in total. The Labute approximate surface area is 90.4 Å². The highest BCUT2D eigenvalue weighted by Gasteiger charge is 1.95. The van der Waals surface area contributed by atoms with Gasteiger partial charge in [0.1, 0.15) is 12.4 Å². The molecule has 0 aliphatic carbocycles. The minimum atomic E-state index is 0.472. The van der Waals surface area contributed by atoms with Gasteiger partial charge in [-0.15, -0.1) is 0 Å². The number of anilines is 1. The summed E-state index contributed by atoms with van der Waals surface area (Å²) >= 11 is 0. The van der Waals surface area contributed by atoms with Crippen molar-refractivity contribution in [1.29, 1.82) is 0 Å². The summed E-state index contributed by atoms with van der Waals surface area (Å²) in [5.74, 6) is 1.02. The zero-order valence-corrected chi connectivity index (χ0v) is 9.11. The molecule has 0 amide bonds. The van der Waals surface area contributed by atoms with Crippen molar-refractivity contribution in [3.63, 3.8) is 0 Å². The molecule has 0 unspecified atom stereocenters. The van der Waals surface area contributed by atoms with Crippen LogP contribution in [0.3, 0.4) is 0 Å². The molecule has 1 aromatic rings.